The van der Waals surface area contributed by atoms with Crippen LogP contribution in [0.15, 0.2) is 23.3 Å². The molecule has 5 heteroatoms. The zero-order chi connectivity index (χ0) is 21.1. The van der Waals surface area contributed by atoms with Gasteiger partial charge in [-0.1, -0.05) is 31.1 Å². The fraction of sp³-hybridized carbons (Fsp3) is 0.760. The summed E-state index contributed by atoms with van der Waals surface area (Å²) in [6.07, 6.45) is 10.1. The molecule has 2 N–H and O–H groups in total. The van der Waals surface area contributed by atoms with E-state index >= 15 is 0 Å². The highest BCUT2D eigenvalue weighted by molar-refractivity contribution is 5.92. The Hall–Kier alpha value is -1.30. The Kier molecular flexibility index (Phi) is 4.88. The van der Waals surface area contributed by atoms with Crippen LogP contribution in [0.4, 0.5) is 0 Å². The number of hydrogen-bond donors (Lipinski definition) is 2. The van der Waals surface area contributed by atoms with Gasteiger partial charge in [-0.2, -0.15) is 0 Å². The molecule has 0 spiro atoms. The molecule has 5 atom stereocenters. The van der Waals surface area contributed by atoms with E-state index in [1.54, 1.807) is 0 Å². The van der Waals surface area contributed by atoms with E-state index in [0.29, 0.717) is 31.2 Å². The van der Waals surface area contributed by atoms with Gasteiger partial charge >= 0.3 is 0 Å². The number of hydrogen-bond acceptors (Lipinski definition) is 5. The molecule has 0 amide bonds. The van der Waals surface area contributed by atoms with Crippen LogP contribution in [-0.4, -0.2) is 59.9 Å². The van der Waals surface area contributed by atoms with Gasteiger partial charge in [0, 0.05) is 43.4 Å². The second-order valence-electron chi connectivity index (χ2n) is 10.8. The lowest BCUT2D eigenvalue weighted by molar-refractivity contribution is -0.154. The van der Waals surface area contributed by atoms with Gasteiger partial charge in [-0.05, 0) is 56.4 Å². The van der Waals surface area contributed by atoms with E-state index in [2.05, 4.69) is 30.1 Å². The number of nitrogens with zero attached hydrogens (tertiary/aromatic N) is 1. The molecule has 30 heavy (non-hydrogen) atoms. The number of fused-ring (bicyclic) bond motifs is 5. The van der Waals surface area contributed by atoms with Gasteiger partial charge in [0.15, 0.2) is 11.6 Å². The van der Waals surface area contributed by atoms with Gasteiger partial charge in [-0.3, -0.25) is 14.5 Å². The molecule has 3 fully saturated rings. The molecule has 164 valence electrons. The molecule has 0 bridgehead atoms. The maximum Gasteiger partial charge on any atom is 0.178 e. The Labute approximate surface area is 180 Å². The predicted molar refractivity (Wildman–Crippen MR) is 116 cm³/mol. The van der Waals surface area contributed by atoms with E-state index in [-0.39, 0.29) is 22.4 Å². The molecule has 4 aliphatic carbocycles. The van der Waals surface area contributed by atoms with Crippen LogP contribution >= 0.6 is 0 Å². The SMILES string of the molecule is C[C@]12CCC(=O)C=C1CCC1C2=CC[C@@]2(C)C1CC[C@]2(O)C(=O)CN1CCNCC1. The van der Waals surface area contributed by atoms with E-state index in [0.717, 1.165) is 58.3 Å². The van der Waals surface area contributed by atoms with Crippen LogP contribution in [0.5, 0.6) is 0 Å². The summed E-state index contributed by atoms with van der Waals surface area (Å²) in [5.41, 5.74) is 1.21. The van der Waals surface area contributed by atoms with Crippen molar-refractivity contribution in [2.45, 2.75) is 64.4 Å². The lowest BCUT2D eigenvalue weighted by atomic mass is 9.50. The topological polar surface area (TPSA) is 69.6 Å². The van der Waals surface area contributed by atoms with E-state index < -0.39 is 5.60 Å². The Morgan fingerprint density at radius 2 is 1.97 bits per heavy atom. The van der Waals surface area contributed by atoms with Crippen molar-refractivity contribution in [2.75, 3.05) is 32.7 Å². The van der Waals surface area contributed by atoms with E-state index in [1.807, 2.05) is 6.08 Å². The highest BCUT2D eigenvalue weighted by Crippen LogP contribution is 2.65. The lowest BCUT2D eigenvalue weighted by Gasteiger charge is -2.54. The molecule has 0 aromatic carbocycles. The first-order valence-corrected chi connectivity index (χ1v) is 11.9. The van der Waals surface area contributed by atoms with Crippen LogP contribution in [0, 0.1) is 22.7 Å². The smallest absolute Gasteiger partial charge is 0.178 e. The van der Waals surface area contributed by atoms with Crippen molar-refractivity contribution in [3.05, 3.63) is 23.3 Å². The Morgan fingerprint density at radius 1 is 1.20 bits per heavy atom. The molecule has 0 radical (unpaired) electrons. The van der Waals surface area contributed by atoms with Crippen LogP contribution in [0.3, 0.4) is 0 Å². The average molecular weight is 413 g/mol. The number of rotatable bonds is 3. The molecule has 1 aliphatic heterocycles. The summed E-state index contributed by atoms with van der Waals surface area (Å²) in [4.78, 5) is 27.6. The molecule has 0 aromatic heterocycles. The maximum absolute atomic E-state index is 13.4. The molecule has 5 nitrogen and oxygen atoms in total. The second kappa shape index (κ2) is 7.11. The van der Waals surface area contributed by atoms with Gasteiger partial charge in [0.05, 0.1) is 6.54 Å². The summed E-state index contributed by atoms with van der Waals surface area (Å²) in [7, 11) is 0. The van der Waals surface area contributed by atoms with Gasteiger partial charge in [0.1, 0.15) is 5.60 Å². The third-order valence-electron chi connectivity index (χ3n) is 9.53. The summed E-state index contributed by atoms with van der Waals surface area (Å²) in [5, 5.41) is 15.1. The second-order valence-corrected chi connectivity index (χ2v) is 10.8. The van der Waals surface area contributed by atoms with Gasteiger partial charge in [0.2, 0.25) is 0 Å². The van der Waals surface area contributed by atoms with Gasteiger partial charge in [0.25, 0.3) is 0 Å². The summed E-state index contributed by atoms with van der Waals surface area (Å²) in [6, 6.07) is 0. The third-order valence-corrected chi connectivity index (χ3v) is 9.53. The van der Waals surface area contributed by atoms with Crippen LogP contribution in [0.1, 0.15) is 58.8 Å². The van der Waals surface area contributed by atoms with Crippen molar-refractivity contribution in [3.63, 3.8) is 0 Å². The van der Waals surface area contributed by atoms with Gasteiger partial charge in [-0.25, -0.2) is 0 Å². The van der Waals surface area contributed by atoms with Crippen molar-refractivity contribution in [1.29, 1.82) is 0 Å². The molecule has 0 aromatic rings. The standard InChI is InChI=1S/C25H36N2O3/c1-23-8-5-18(28)15-17(23)3-4-19-20(23)6-9-24(2)21(19)7-10-25(24,30)22(29)16-27-13-11-26-12-14-27/h6,15,19,21,26,30H,3-5,7-14,16H2,1-2H3/t19?,21?,23-,24-,25-/m0/s1. The Morgan fingerprint density at radius 3 is 2.73 bits per heavy atom. The highest BCUT2D eigenvalue weighted by atomic mass is 16.3. The van der Waals surface area contributed by atoms with Crippen molar-refractivity contribution < 1.29 is 14.7 Å². The molecular formula is C25H36N2O3. The minimum atomic E-state index is -1.22. The predicted octanol–water partition coefficient (Wildman–Crippen LogP) is 2.64. The first-order chi connectivity index (χ1) is 14.3. The molecular weight excluding hydrogens is 376 g/mol. The summed E-state index contributed by atoms with van der Waals surface area (Å²) in [5.74, 6) is 1.08. The zero-order valence-corrected chi connectivity index (χ0v) is 18.5. The van der Waals surface area contributed by atoms with Gasteiger partial charge in [-0.15, -0.1) is 0 Å². The Bertz CT molecular complexity index is 826. The summed E-state index contributed by atoms with van der Waals surface area (Å²) < 4.78 is 0. The number of allylic oxidation sites excluding steroid dienone is 4. The lowest BCUT2D eigenvalue weighted by Crippen LogP contribution is -2.58. The number of carbonyl (C=O) groups excluding carboxylic acids is 2. The first-order valence-electron chi connectivity index (χ1n) is 11.9. The molecule has 2 saturated carbocycles. The molecule has 1 saturated heterocycles. The Balaban J connectivity index is 1.43. The number of ketones is 2. The van der Waals surface area contributed by atoms with Crippen molar-refractivity contribution in [3.8, 4) is 0 Å². The van der Waals surface area contributed by atoms with Crippen LogP contribution in [0.25, 0.3) is 0 Å². The van der Waals surface area contributed by atoms with Crippen LogP contribution in [0.2, 0.25) is 0 Å². The molecule has 5 aliphatic rings. The van der Waals surface area contributed by atoms with E-state index in [4.69, 9.17) is 0 Å². The van der Waals surface area contributed by atoms with Crippen molar-refractivity contribution in [1.82, 2.24) is 10.2 Å². The average Bonchev–Trinajstić information content (AvgIpc) is 3.01. The third kappa shape index (κ3) is 2.85. The van der Waals surface area contributed by atoms with Crippen molar-refractivity contribution >= 4 is 11.6 Å². The van der Waals surface area contributed by atoms with E-state index in [1.165, 1.54) is 11.1 Å². The quantitative estimate of drug-likeness (QED) is 0.698. The largest absolute Gasteiger partial charge is 0.381 e. The first kappa shape index (κ1) is 20.6. The minimum Gasteiger partial charge on any atom is -0.381 e. The number of aliphatic hydroxyl groups is 1. The minimum absolute atomic E-state index is 0.00364. The molecule has 5 rings (SSSR count). The fourth-order valence-corrected chi connectivity index (χ4v) is 7.53. The van der Waals surface area contributed by atoms with Crippen LogP contribution < -0.4 is 5.32 Å². The van der Waals surface area contributed by atoms with Crippen LogP contribution in [-0.2, 0) is 9.59 Å². The van der Waals surface area contributed by atoms with E-state index in [9.17, 15) is 14.7 Å². The normalized spacial score (nSPS) is 43.9. The van der Waals surface area contributed by atoms with Crippen molar-refractivity contribution in [2.24, 2.45) is 22.7 Å². The summed E-state index contributed by atoms with van der Waals surface area (Å²) >= 11 is 0. The zero-order valence-electron chi connectivity index (χ0n) is 18.5. The highest BCUT2D eigenvalue weighted by Gasteiger charge is 2.64. The number of Topliss-reactive ketones (excluding diaryl/α,β-unsaturated/α-hetero) is 1. The number of nitrogens with one attached hydrogen (secondary N) is 1. The maximum atomic E-state index is 13.4. The summed E-state index contributed by atoms with van der Waals surface area (Å²) in [6.45, 7) is 8.44. The molecule has 1 heterocycles. The number of piperazine rings is 1. The number of carbonyl (C=O) groups is 2. The fourth-order valence-electron chi connectivity index (χ4n) is 7.53. The van der Waals surface area contributed by atoms with Gasteiger partial charge < -0.3 is 10.4 Å². The monoisotopic (exact) mass is 412 g/mol. The molecule has 2 unspecified atom stereocenters.